The van der Waals surface area contributed by atoms with E-state index in [0.29, 0.717) is 0 Å². The second-order valence-corrected chi connectivity index (χ2v) is 1.01. The molecule has 0 N–H and O–H groups in total. The zero-order valence-electron chi connectivity index (χ0n) is 3.36. The van der Waals surface area contributed by atoms with E-state index in [-0.39, 0.29) is 0 Å². The maximum absolute atomic E-state index is 4.95. The predicted molar refractivity (Wildman–Crippen MR) is 23.7 cm³/mol. The molecule has 0 nitrogen and oxygen atoms in total. The molecule has 0 aliphatic rings. The van der Waals surface area contributed by atoms with Gasteiger partial charge in [0.15, 0.2) is 0 Å². The fraction of sp³-hybridized carbons (Fsp3) is 0.200. The Morgan fingerprint density at radius 3 is 2.20 bits per heavy atom. The molecule has 0 bridgehead atoms. The highest BCUT2D eigenvalue weighted by atomic mass is 13.7. The molecule has 0 unspecified atom stereocenters. The summed E-state index contributed by atoms with van der Waals surface area (Å²) in [7, 11) is 0. The molecular weight excluding hydrogens is 60.1 g/mol. The van der Waals surface area contributed by atoms with Gasteiger partial charge in [0.25, 0.3) is 0 Å². The molecular formula is C5H7-. The van der Waals surface area contributed by atoms with Gasteiger partial charge in [-0.2, -0.15) is 6.58 Å². The molecule has 0 aliphatic carbocycles. The third-order valence-corrected chi connectivity index (χ3v) is 0.285. The number of hydrogen-bond donors (Lipinski definition) is 0. The first-order valence-electron chi connectivity index (χ1n) is 1.48. The van der Waals surface area contributed by atoms with Gasteiger partial charge in [-0.25, -0.2) is 11.6 Å². The molecule has 0 rings (SSSR count). The minimum absolute atomic E-state index is 0.907. The maximum Gasteiger partial charge on any atom is -0.108 e. The van der Waals surface area contributed by atoms with E-state index in [1.807, 2.05) is 6.92 Å². The lowest BCUT2D eigenvalue weighted by molar-refractivity contribution is 1.57. The highest BCUT2D eigenvalue weighted by Crippen LogP contribution is 1.80. The largest absolute Gasteiger partial charge is 0.293 e. The van der Waals surface area contributed by atoms with Crippen molar-refractivity contribution in [3.05, 3.63) is 24.8 Å². The van der Waals surface area contributed by atoms with Crippen molar-refractivity contribution in [3.8, 4) is 0 Å². The van der Waals surface area contributed by atoms with E-state index < -0.39 is 0 Å². The van der Waals surface area contributed by atoms with Crippen molar-refractivity contribution in [2.45, 2.75) is 6.92 Å². The van der Waals surface area contributed by atoms with Gasteiger partial charge in [-0.15, -0.1) is 6.92 Å². The summed E-state index contributed by atoms with van der Waals surface area (Å²) in [5.41, 5.74) is 0.907. The molecule has 0 heterocycles. The van der Waals surface area contributed by atoms with Crippen LogP contribution in [0.5, 0.6) is 0 Å². The Hall–Kier alpha value is -0.520. The van der Waals surface area contributed by atoms with Gasteiger partial charge in [-0.05, 0) is 0 Å². The third kappa shape index (κ3) is 3.48. The standard InChI is InChI=1S/C5H7/c1-4-5(2)3/h1,4H,2H2,3H3/q-1. The van der Waals surface area contributed by atoms with E-state index in [9.17, 15) is 0 Å². The summed E-state index contributed by atoms with van der Waals surface area (Å²) >= 11 is 0. The van der Waals surface area contributed by atoms with Crippen molar-refractivity contribution >= 4 is 0 Å². The van der Waals surface area contributed by atoms with Crippen LogP contribution in [0.4, 0.5) is 0 Å². The first kappa shape index (κ1) is 4.48. The van der Waals surface area contributed by atoms with Crippen molar-refractivity contribution in [3.63, 3.8) is 0 Å². The molecule has 0 heteroatoms. The average Bonchev–Trinajstić information content (AvgIpc) is 1.38. The molecule has 0 aromatic rings. The predicted octanol–water partition coefficient (Wildman–Crippen LogP) is 1.55. The molecule has 0 saturated heterocycles. The molecule has 0 spiro atoms. The van der Waals surface area contributed by atoms with E-state index in [1.165, 1.54) is 6.08 Å². The molecule has 0 aromatic carbocycles. The van der Waals surface area contributed by atoms with E-state index in [0.717, 1.165) is 5.57 Å². The van der Waals surface area contributed by atoms with E-state index in [4.69, 9.17) is 6.58 Å². The fourth-order valence-electron chi connectivity index (χ4n) is 0. The molecule has 0 aromatic heterocycles. The Labute approximate surface area is 32.8 Å². The first-order chi connectivity index (χ1) is 2.27. The lowest BCUT2D eigenvalue weighted by Crippen LogP contribution is -1.50. The first-order valence-corrected chi connectivity index (χ1v) is 1.48. The summed E-state index contributed by atoms with van der Waals surface area (Å²) in [6.45, 7) is 10.3. The molecule has 0 atom stereocenters. The zero-order valence-corrected chi connectivity index (χ0v) is 3.36. The molecule has 0 amide bonds. The molecule has 0 fully saturated rings. The van der Waals surface area contributed by atoms with Crippen LogP contribution in [0.2, 0.25) is 0 Å². The van der Waals surface area contributed by atoms with Crippen molar-refractivity contribution in [2.75, 3.05) is 0 Å². The Morgan fingerprint density at radius 1 is 2.00 bits per heavy atom. The van der Waals surface area contributed by atoms with E-state index in [2.05, 4.69) is 6.58 Å². The molecule has 0 radical (unpaired) electrons. The second-order valence-electron chi connectivity index (χ2n) is 1.01. The summed E-state index contributed by atoms with van der Waals surface area (Å²) in [5.74, 6) is 0. The van der Waals surface area contributed by atoms with E-state index >= 15 is 0 Å². The van der Waals surface area contributed by atoms with Gasteiger partial charge < -0.3 is 0 Å². The topological polar surface area (TPSA) is 0 Å². The summed E-state index contributed by atoms with van der Waals surface area (Å²) in [6, 6.07) is 0. The smallest absolute Gasteiger partial charge is 0.108 e. The van der Waals surface area contributed by atoms with Crippen LogP contribution in [0.3, 0.4) is 0 Å². The molecule has 28 valence electrons. The van der Waals surface area contributed by atoms with Gasteiger partial charge in [0.1, 0.15) is 0 Å². The Balaban J connectivity index is 3.20. The van der Waals surface area contributed by atoms with Gasteiger partial charge in [-0.1, -0.05) is 0 Å². The third-order valence-electron chi connectivity index (χ3n) is 0.285. The van der Waals surface area contributed by atoms with Crippen molar-refractivity contribution in [1.29, 1.82) is 0 Å². The van der Waals surface area contributed by atoms with Crippen LogP contribution in [0.15, 0.2) is 18.2 Å². The Kier molecular flexibility index (Phi) is 1.58. The zero-order chi connectivity index (χ0) is 4.28. The fourth-order valence-corrected chi connectivity index (χ4v) is 0. The minimum Gasteiger partial charge on any atom is -0.293 e. The second kappa shape index (κ2) is 1.77. The van der Waals surface area contributed by atoms with Gasteiger partial charge in [-0.3, -0.25) is 6.58 Å². The Bertz CT molecular complexity index is 51.1. The lowest BCUT2D eigenvalue weighted by atomic mass is 10.4. The Morgan fingerprint density at radius 2 is 2.20 bits per heavy atom. The number of hydrogen-bond acceptors (Lipinski definition) is 0. The van der Waals surface area contributed by atoms with Gasteiger partial charge >= 0.3 is 0 Å². The summed E-state index contributed by atoms with van der Waals surface area (Å²) in [6.07, 6.45) is 1.47. The lowest BCUT2D eigenvalue weighted by Gasteiger charge is -1.85. The summed E-state index contributed by atoms with van der Waals surface area (Å²) < 4.78 is 0. The quantitative estimate of drug-likeness (QED) is 0.322. The highest BCUT2D eigenvalue weighted by Gasteiger charge is 1.45. The maximum atomic E-state index is 4.95. The normalized spacial score (nSPS) is 6.60. The van der Waals surface area contributed by atoms with Gasteiger partial charge in [0, 0.05) is 0 Å². The highest BCUT2D eigenvalue weighted by molar-refractivity contribution is 5.04. The van der Waals surface area contributed by atoms with Crippen LogP contribution in [0.25, 0.3) is 0 Å². The summed E-state index contributed by atoms with van der Waals surface area (Å²) in [5, 5.41) is 0. The number of rotatable bonds is 1. The monoisotopic (exact) mass is 67.1 g/mol. The van der Waals surface area contributed by atoms with Crippen LogP contribution >= 0.6 is 0 Å². The number of allylic oxidation sites excluding steroid dienone is 2. The van der Waals surface area contributed by atoms with Crippen molar-refractivity contribution in [2.24, 2.45) is 0 Å². The average molecular weight is 67.1 g/mol. The molecule has 0 aliphatic heterocycles. The van der Waals surface area contributed by atoms with Gasteiger partial charge in [0.2, 0.25) is 0 Å². The SMILES string of the molecule is [CH-]=CC(=C)C. The van der Waals surface area contributed by atoms with Gasteiger partial charge in [0.05, 0.1) is 0 Å². The van der Waals surface area contributed by atoms with Crippen LogP contribution in [0.1, 0.15) is 6.92 Å². The molecule has 5 heavy (non-hydrogen) atoms. The van der Waals surface area contributed by atoms with Crippen LogP contribution < -0.4 is 0 Å². The molecule has 0 saturated carbocycles. The summed E-state index contributed by atoms with van der Waals surface area (Å²) in [4.78, 5) is 0. The van der Waals surface area contributed by atoms with Crippen LogP contribution in [-0.2, 0) is 0 Å². The van der Waals surface area contributed by atoms with E-state index in [1.54, 1.807) is 0 Å². The van der Waals surface area contributed by atoms with Crippen molar-refractivity contribution < 1.29 is 0 Å². The van der Waals surface area contributed by atoms with Crippen LogP contribution in [-0.4, -0.2) is 0 Å². The van der Waals surface area contributed by atoms with Crippen molar-refractivity contribution in [1.82, 2.24) is 0 Å². The van der Waals surface area contributed by atoms with Crippen LogP contribution in [0, 0.1) is 6.58 Å². The minimum atomic E-state index is 0.907.